The number of hydrogen-bond acceptors (Lipinski definition) is 2. The summed E-state index contributed by atoms with van der Waals surface area (Å²) in [7, 11) is 0. The van der Waals surface area contributed by atoms with Gasteiger partial charge in [0.15, 0.2) is 0 Å². The highest BCUT2D eigenvalue weighted by molar-refractivity contribution is 6.29. The number of carbonyl (C=O) groups excluding carboxylic acids is 1. The molecule has 0 aliphatic heterocycles. The molecule has 1 unspecified atom stereocenters. The maximum Gasteiger partial charge on any atom is 0.251 e. The van der Waals surface area contributed by atoms with Crippen molar-refractivity contribution < 1.29 is 4.79 Å². The summed E-state index contributed by atoms with van der Waals surface area (Å²) < 4.78 is 0. The molecule has 0 radical (unpaired) electrons. The molecule has 3 nitrogen and oxygen atoms in total. The van der Waals surface area contributed by atoms with Crippen molar-refractivity contribution in [3.8, 4) is 0 Å². The highest BCUT2D eigenvalue weighted by Gasteiger charge is 2.21. The topological polar surface area (TPSA) is 42.0 Å². The van der Waals surface area contributed by atoms with E-state index in [1.807, 2.05) is 19.9 Å². The van der Waals surface area contributed by atoms with E-state index >= 15 is 0 Å². The van der Waals surface area contributed by atoms with Gasteiger partial charge in [-0.2, -0.15) is 0 Å². The number of rotatable bonds is 4. The van der Waals surface area contributed by atoms with Gasteiger partial charge in [-0.25, -0.2) is 4.98 Å². The predicted molar refractivity (Wildman–Crippen MR) is 84.3 cm³/mol. The summed E-state index contributed by atoms with van der Waals surface area (Å²) >= 11 is 5.98. The standard InChI is InChI=1S/C16H25ClN2O/c1-10(2)13-7-12(8-14(17)19-13)15(20)18-9-11(3)16(4,5)6/h7-8,10-11H,9H2,1-6H3,(H,18,20). The molecule has 1 atom stereocenters. The first-order chi connectivity index (χ1) is 9.11. The maximum absolute atomic E-state index is 12.2. The minimum Gasteiger partial charge on any atom is -0.352 e. The summed E-state index contributed by atoms with van der Waals surface area (Å²) in [6, 6.07) is 3.43. The van der Waals surface area contributed by atoms with E-state index in [0.29, 0.717) is 23.2 Å². The fraction of sp³-hybridized carbons (Fsp3) is 0.625. The second kappa shape index (κ2) is 6.57. The molecule has 0 fully saturated rings. The van der Waals surface area contributed by atoms with Crippen LogP contribution in [0.5, 0.6) is 0 Å². The first-order valence-corrected chi connectivity index (χ1v) is 7.44. The number of hydrogen-bond donors (Lipinski definition) is 1. The molecule has 0 spiro atoms. The van der Waals surface area contributed by atoms with Crippen molar-refractivity contribution in [1.29, 1.82) is 0 Å². The predicted octanol–water partition coefficient (Wildman–Crippen LogP) is 4.27. The summed E-state index contributed by atoms with van der Waals surface area (Å²) in [5.74, 6) is 0.550. The SMILES string of the molecule is CC(C)c1cc(C(=O)NCC(C)C(C)(C)C)cc(Cl)n1. The lowest BCUT2D eigenvalue weighted by Gasteiger charge is -2.27. The second-order valence-electron chi connectivity index (χ2n) is 6.74. The lowest BCUT2D eigenvalue weighted by molar-refractivity contribution is 0.0937. The summed E-state index contributed by atoms with van der Waals surface area (Å²) in [6.45, 7) is 13.4. The number of pyridine rings is 1. The third kappa shape index (κ3) is 4.78. The Morgan fingerprint density at radius 3 is 2.40 bits per heavy atom. The van der Waals surface area contributed by atoms with Crippen molar-refractivity contribution in [2.45, 2.75) is 47.5 Å². The summed E-state index contributed by atoms with van der Waals surface area (Å²) in [5.41, 5.74) is 1.59. The zero-order valence-corrected chi connectivity index (χ0v) is 14.0. The van der Waals surface area contributed by atoms with E-state index in [2.05, 4.69) is 38.0 Å². The van der Waals surface area contributed by atoms with Crippen LogP contribution in [0.4, 0.5) is 0 Å². The Labute approximate surface area is 127 Å². The quantitative estimate of drug-likeness (QED) is 0.843. The number of halogens is 1. The average Bonchev–Trinajstić information content (AvgIpc) is 2.33. The van der Waals surface area contributed by atoms with Crippen LogP contribution in [0.2, 0.25) is 5.15 Å². The lowest BCUT2D eigenvalue weighted by Crippen LogP contribution is -2.33. The van der Waals surface area contributed by atoms with Crippen molar-refractivity contribution in [2.75, 3.05) is 6.54 Å². The van der Waals surface area contributed by atoms with Gasteiger partial charge in [0.05, 0.1) is 0 Å². The normalized spacial score (nSPS) is 13.4. The van der Waals surface area contributed by atoms with Gasteiger partial charge >= 0.3 is 0 Å². The van der Waals surface area contributed by atoms with E-state index in [9.17, 15) is 4.79 Å². The molecule has 0 aliphatic carbocycles. The highest BCUT2D eigenvalue weighted by Crippen LogP contribution is 2.24. The molecule has 1 amide bonds. The van der Waals surface area contributed by atoms with Gasteiger partial charge in [0.25, 0.3) is 5.91 Å². The first kappa shape index (κ1) is 17.0. The summed E-state index contributed by atoms with van der Waals surface area (Å²) in [5, 5.41) is 3.34. The lowest BCUT2D eigenvalue weighted by atomic mass is 9.82. The number of amides is 1. The molecule has 20 heavy (non-hydrogen) atoms. The second-order valence-corrected chi connectivity index (χ2v) is 7.12. The van der Waals surface area contributed by atoms with Crippen LogP contribution in [-0.4, -0.2) is 17.4 Å². The minimum absolute atomic E-state index is 0.0905. The Bertz CT molecular complexity index is 478. The van der Waals surface area contributed by atoms with Crippen molar-refractivity contribution >= 4 is 17.5 Å². The molecule has 0 saturated heterocycles. The van der Waals surface area contributed by atoms with E-state index in [1.54, 1.807) is 6.07 Å². The third-order valence-electron chi connectivity index (χ3n) is 3.71. The fourth-order valence-corrected chi connectivity index (χ4v) is 1.81. The minimum atomic E-state index is -0.0905. The first-order valence-electron chi connectivity index (χ1n) is 7.07. The van der Waals surface area contributed by atoms with Crippen molar-refractivity contribution in [1.82, 2.24) is 10.3 Å². The van der Waals surface area contributed by atoms with Gasteiger partial charge in [-0.1, -0.05) is 53.1 Å². The van der Waals surface area contributed by atoms with E-state index < -0.39 is 0 Å². The van der Waals surface area contributed by atoms with E-state index in [0.717, 1.165) is 5.69 Å². The van der Waals surface area contributed by atoms with Crippen molar-refractivity contribution in [3.05, 3.63) is 28.5 Å². The Hall–Kier alpha value is -1.09. The van der Waals surface area contributed by atoms with Crippen molar-refractivity contribution in [3.63, 3.8) is 0 Å². The molecule has 1 aromatic rings. The van der Waals surface area contributed by atoms with Gasteiger partial charge in [-0.15, -0.1) is 0 Å². The molecule has 0 aliphatic rings. The van der Waals surface area contributed by atoms with Crippen LogP contribution < -0.4 is 5.32 Å². The van der Waals surface area contributed by atoms with Crippen LogP contribution in [-0.2, 0) is 0 Å². The zero-order chi connectivity index (χ0) is 15.5. The monoisotopic (exact) mass is 296 g/mol. The molecular weight excluding hydrogens is 272 g/mol. The molecule has 1 aromatic heterocycles. The van der Waals surface area contributed by atoms with Crippen LogP contribution in [0.15, 0.2) is 12.1 Å². The van der Waals surface area contributed by atoms with Gasteiger partial charge < -0.3 is 5.32 Å². The van der Waals surface area contributed by atoms with Crippen LogP contribution in [0.1, 0.15) is 63.5 Å². The molecule has 4 heteroatoms. The van der Waals surface area contributed by atoms with Gasteiger partial charge in [0, 0.05) is 17.8 Å². The molecule has 1 heterocycles. The van der Waals surface area contributed by atoms with Crippen LogP contribution in [0.25, 0.3) is 0 Å². The zero-order valence-electron chi connectivity index (χ0n) is 13.2. The van der Waals surface area contributed by atoms with E-state index in [-0.39, 0.29) is 17.2 Å². The van der Waals surface area contributed by atoms with E-state index in [1.165, 1.54) is 0 Å². The fourth-order valence-electron chi connectivity index (χ4n) is 1.60. The molecule has 112 valence electrons. The van der Waals surface area contributed by atoms with Crippen LogP contribution in [0.3, 0.4) is 0 Å². The Kier molecular flexibility index (Phi) is 5.58. The molecule has 0 aromatic carbocycles. The summed E-state index contributed by atoms with van der Waals surface area (Å²) in [6.07, 6.45) is 0. The molecule has 1 N–H and O–H groups in total. The third-order valence-corrected chi connectivity index (χ3v) is 3.91. The number of nitrogens with zero attached hydrogens (tertiary/aromatic N) is 1. The maximum atomic E-state index is 12.2. The summed E-state index contributed by atoms with van der Waals surface area (Å²) in [4.78, 5) is 16.4. The van der Waals surface area contributed by atoms with Gasteiger partial charge in [0.2, 0.25) is 0 Å². The highest BCUT2D eigenvalue weighted by atomic mass is 35.5. The van der Waals surface area contributed by atoms with Gasteiger partial charge in [-0.05, 0) is 29.4 Å². The van der Waals surface area contributed by atoms with E-state index in [4.69, 9.17) is 11.6 Å². The number of aromatic nitrogens is 1. The number of nitrogens with one attached hydrogen (secondary N) is 1. The van der Waals surface area contributed by atoms with Crippen LogP contribution >= 0.6 is 11.6 Å². The average molecular weight is 297 g/mol. The van der Waals surface area contributed by atoms with Gasteiger partial charge in [-0.3, -0.25) is 4.79 Å². The van der Waals surface area contributed by atoms with Crippen LogP contribution in [0, 0.1) is 11.3 Å². The Balaban J connectivity index is 2.78. The molecular formula is C16H25ClN2O. The molecule has 1 rings (SSSR count). The molecule has 0 saturated carbocycles. The smallest absolute Gasteiger partial charge is 0.251 e. The largest absolute Gasteiger partial charge is 0.352 e. The Morgan fingerprint density at radius 1 is 1.30 bits per heavy atom. The van der Waals surface area contributed by atoms with Crippen molar-refractivity contribution in [2.24, 2.45) is 11.3 Å². The Morgan fingerprint density at radius 2 is 1.90 bits per heavy atom. The molecule has 0 bridgehead atoms. The van der Waals surface area contributed by atoms with Gasteiger partial charge in [0.1, 0.15) is 5.15 Å². The number of carbonyl (C=O) groups is 1.